The molecule has 2 N–H and O–H groups in total. The van der Waals surface area contributed by atoms with Crippen molar-refractivity contribution >= 4 is 11.6 Å². The van der Waals surface area contributed by atoms with E-state index in [9.17, 15) is 0 Å². The maximum Gasteiger partial charge on any atom is 0.196 e. The zero-order valence-corrected chi connectivity index (χ0v) is 17.0. The summed E-state index contributed by atoms with van der Waals surface area (Å²) in [6.45, 7) is 8.82. The summed E-state index contributed by atoms with van der Waals surface area (Å²) < 4.78 is 12.7. The van der Waals surface area contributed by atoms with E-state index in [1.54, 1.807) is 7.11 Å². The van der Waals surface area contributed by atoms with E-state index >= 15 is 0 Å². The molecule has 0 amide bonds. The zero-order chi connectivity index (χ0) is 19.6. The third-order valence-corrected chi connectivity index (χ3v) is 4.26. The molecule has 1 heterocycles. The number of hydrogen-bond donors (Lipinski definition) is 2. The molecule has 0 bridgehead atoms. The molecule has 7 nitrogen and oxygen atoms in total. The predicted molar refractivity (Wildman–Crippen MR) is 110 cm³/mol. The van der Waals surface area contributed by atoms with Gasteiger partial charge >= 0.3 is 0 Å². The molecule has 1 aromatic heterocycles. The van der Waals surface area contributed by atoms with Crippen LogP contribution in [0.1, 0.15) is 30.3 Å². The Morgan fingerprint density at radius 1 is 1.26 bits per heavy atom. The second-order valence-electron chi connectivity index (χ2n) is 6.32. The molecule has 148 valence electrons. The maximum atomic E-state index is 5.76. The number of ether oxygens (including phenoxy) is 2. The Hall–Kier alpha value is -2.54. The van der Waals surface area contributed by atoms with E-state index < -0.39 is 0 Å². The van der Waals surface area contributed by atoms with Crippen LogP contribution in [0.15, 0.2) is 29.3 Å². The summed E-state index contributed by atoms with van der Waals surface area (Å²) in [5, 5.41) is 11.1. The van der Waals surface area contributed by atoms with Gasteiger partial charge in [-0.1, -0.05) is 6.07 Å². The van der Waals surface area contributed by atoms with Crippen LogP contribution < -0.4 is 15.4 Å². The van der Waals surface area contributed by atoms with Gasteiger partial charge in [0.1, 0.15) is 5.75 Å². The van der Waals surface area contributed by atoms with Crippen molar-refractivity contribution in [3.8, 4) is 5.75 Å². The lowest BCUT2D eigenvalue weighted by Crippen LogP contribution is -2.30. The van der Waals surface area contributed by atoms with Crippen molar-refractivity contribution in [2.24, 2.45) is 12.0 Å². The van der Waals surface area contributed by atoms with Crippen molar-refractivity contribution in [1.29, 1.82) is 0 Å². The van der Waals surface area contributed by atoms with E-state index in [1.807, 2.05) is 49.8 Å². The lowest BCUT2D eigenvalue weighted by molar-refractivity contribution is 0.172. The fourth-order valence-electron chi connectivity index (χ4n) is 2.71. The summed E-state index contributed by atoms with van der Waals surface area (Å²) in [4.78, 5) is 4.71. The summed E-state index contributed by atoms with van der Waals surface area (Å²) in [5.74, 6) is 1.56. The van der Waals surface area contributed by atoms with Crippen LogP contribution in [0.5, 0.6) is 5.75 Å². The molecule has 0 aliphatic heterocycles. The lowest BCUT2D eigenvalue weighted by atomic mass is 10.2. The molecule has 2 rings (SSSR count). The van der Waals surface area contributed by atoms with Crippen LogP contribution in [0.2, 0.25) is 0 Å². The molecule has 1 aromatic carbocycles. The summed E-state index contributed by atoms with van der Waals surface area (Å²) in [5.41, 5.74) is 4.24. The van der Waals surface area contributed by atoms with E-state index in [0.717, 1.165) is 47.3 Å². The fourth-order valence-corrected chi connectivity index (χ4v) is 2.71. The third-order valence-electron chi connectivity index (χ3n) is 4.26. The smallest absolute Gasteiger partial charge is 0.196 e. The van der Waals surface area contributed by atoms with E-state index in [4.69, 9.17) is 14.5 Å². The van der Waals surface area contributed by atoms with Crippen LogP contribution >= 0.6 is 0 Å². The SMILES string of the molecule is CCNC(=NCc1c(C)nn(C)c1C)Nc1cccc(OCCCOC)c1. The van der Waals surface area contributed by atoms with E-state index in [1.165, 1.54) is 0 Å². The molecule has 0 saturated carbocycles. The van der Waals surface area contributed by atoms with Crippen LogP contribution in [-0.4, -0.2) is 42.6 Å². The van der Waals surface area contributed by atoms with Crippen LogP contribution in [0.25, 0.3) is 0 Å². The van der Waals surface area contributed by atoms with Gasteiger partial charge in [0.25, 0.3) is 0 Å². The molecule has 0 atom stereocenters. The summed E-state index contributed by atoms with van der Waals surface area (Å²) in [6.07, 6.45) is 0.863. The first-order valence-electron chi connectivity index (χ1n) is 9.31. The van der Waals surface area contributed by atoms with Crippen LogP contribution in [-0.2, 0) is 18.3 Å². The van der Waals surface area contributed by atoms with Gasteiger partial charge in [0.05, 0.1) is 18.8 Å². The van der Waals surface area contributed by atoms with Gasteiger partial charge in [-0.25, -0.2) is 4.99 Å². The number of nitrogens with zero attached hydrogens (tertiary/aromatic N) is 3. The zero-order valence-electron chi connectivity index (χ0n) is 17.0. The number of aromatic nitrogens is 2. The normalized spacial score (nSPS) is 11.5. The first kappa shape index (κ1) is 20.8. The van der Waals surface area contributed by atoms with E-state index in [-0.39, 0.29) is 0 Å². The van der Waals surface area contributed by atoms with Gasteiger partial charge in [0, 0.05) is 56.7 Å². The minimum atomic E-state index is 0.577. The first-order valence-corrected chi connectivity index (χ1v) is 9.31. The fraction of sp³-hybridized carbons (Fsp3) is 0.500. The summed E-state index contributed by atoms with van der Waals surface area (Å²) >= 11 is 0. The van der Waals surface area contributed by atoms with Crippen LogP contribution in [0.4, 0.5) is 5.69 Å². The number of benzene rings is 1. The quantitative estimate of drug-likeness (QED) is 0.402. The number of hydrogen-bond acceptors (Lipinski definition) is 4. The average Bonchev–Trinajstić information content (AvgIpc) is 2.89. The molecule has 7 heteroatoms. The number of nitrogens with one attached hydrogen (secondary N) is 2. The molecule has 0 aliphatic carbocycles. The number of guanidine groups is 1. The topological polar surface area (TPSA) is 72.7 Å². The molecule has 27 heavy (non-hydrogen) atoms. The van der Waals surface area contributed by atoms with Gasteiger partial charge in [-0.15, -0.1) is 0 Å². The number of aryl methyl sites for hydroxylation is 2. The molecule has 0 radical (unpaired) electrons. The highest BCUT2D eigenvalue weighted by atomic mass is 16.5. The number of methoxy groups -OCH3 is 1. The molecule has 0 unspecified atom stereocenters. The first-order chi connectivity index (χ1) is 13.0. The van der Waals surface area contributed by atoms with Crippen molar-refractivity contribution < 1.29 is 9.47 Å². The Balaban J connectivity index is 2.04. The van der Waals surface area contributed by atoms with Crippen molar-refractivity contribution in [2.75, 3.05) is 32.2 Å². The Labute approximate surface area is 161 Å². The van der Waals surface area contributed by atoms with Gasteiger partial charge in [-0.2, -0.15) is 5.10 Å². The standard InChI is InChI=1S/C20H31N5O2/c1-6-21-20(22-14-19-15(2)24-25(4)16(19)3)23-17-9-7-10-18(13-17)27-12-8-11-26-5/h7,9-10,13H,6,8,11-12,14H2,1-5H3,(H2,21,22,23). The second-order valence-corrected chi connectivity index (χ2v) is 6.32. The van der Waals surface area contributed by atoms with Crippen LogP contribution in [0.3, 0.4) is 0 Å². The largest absolute Gasteiger partial charge is 0.493 e. The van der Waals surface area contributed by atoms with E-state index in [2.05, 4.69) is 22.7 Å². The molecular formula is C20H31N5O2. The van der Waals surface area contributed by atoms with Gasteiger partial charge in [0.15, 0.2) is 5.96 Å². The minimum absolute atomic E-state index is 0.577. The summed E-state index contributed by atoms with van der Waals surface area (Å²) in [6, 6.07) is 7.88. The lowest BCUT2D eigenvalue weighted by Gasteiger charge is -2.13. The monoisotopic (exact) mass is 373 g/mol. The van der Waals surface area contributed by atoms with Crippen molar-refractivity contribution in [3.63, 3.8) is 0 Å². The average molecular weight is 374 g/mol. The van der Waals surface area contributed by atoms with Gasteiger partial charge in [0.2, 0.25) is 0 Å². The van der Waals surface area contributed by atoms with Gasteiger partial charge in [-0.3, -0.25) is 4.68 Å². The number of rotatable bonds is 9. The van der Waals surface area contributed by atoms with Gasteiger partial charge < -0.3 is 20.1 Å². The van der Waals surface area contributed by atoms with Crippen molar-refractivity contribution in [3.05, 3.63) is 41.2 Å². The molecule has 0 fully saturated rings. The Bertz CT molecular complexity index is 755. The molecule has 2 aromatic rings. The maximum absolute atomic E-state index is 5.76. The highest BCUT2D eigenvalue weighted by Gasteiger charge is 2.09. The molecule has 0 saturated heterocycles. The molecule has 0 spiro atoms. The Kier molecular flexibility index (Phi) is 8.13. The predicted octanol–water partition coefficient (Wildman–Crippen LogP) is 3.03. The third kappa shape index (κ3) is 6.29. The highest BCUT2D eigenvalue weighted by Crippen LogP contribution is 2.18. The molecule has 0 aliphatic rings. The molecular weight excluding hydrogens is 342 g/mol. The highest BCUT2D eigenvalue weighted by molar-refractivity contribution is 5.93. The Morgan fingerprint density at radius 2 is 2.07 bits per heavy atom. The second kappa shape index (κ2) is 10.6. The number of anilines is 1. The minimum Gasteiger partial charge on any atom is -0.493 e. The van der Waals surface area contributed by atoms with Crippen LogP contribution in [0, 0.1) is 13.8 Å². The van der Waals surface area contributed by atoms with E-state index in [0.29, 0.717) is 19.8 Å². The summed E-state index contributed by atoms with van der Waals surface area (Å²) in [7, 11) is 3.65. The van der Waals surface area contributed by atoms with Gasteiger partial charge in [-0.05, 0) is 32.9 Å². The van der Waals surface area contributed by atoms with Crippen molar-refractivity contribution in [1.82, 2.24) is 15.1 Å². The number of aliphatic imine (C=N–C) groups is 1. The Morgan fingerprint density at radius 3 is 2.74 bits per heavy atom. The van der Waals surface area contributed by atoms with Crippen molar-refractivity contribution in [2.45, 2.75) is 33.7 Å².